The van der Waals surface area contributed by atoms with E-state index in [2.05, 4.69) is 25.7 Å². The van der Waals surface area contributed by atoms with Crippen LogP contribution in [0, 0.1) is 19.8 Å². The maximum Gasteiger partial charge on any atom is 0.191 e. The largest absolute Gasteiger partial charge is 0.361 e. The number of halogens is 1. The molecular weight excluding hydrogens is 405 g/mol. The van der Waals surface area contributed by atoms with Crippen molar-refractivity contribution in [1.82, 2.24) is 20.7 Å². The summed E-state index contributed by atoms with van der Waals surface area (Å²) in [6.45, 7) is 8.09. The molecule has 0 bridgehead atoms. The Hall–Kier alpha value is -0.830. The normalized spacial score (nSPS) is 22.0. The third kappa shape index (κ3) is 4.82. The monoisotopic (exact) mass is 433 g/mol. The molecule has 3 rings (SSSR count). The summed E-state index contributed by atoms with van der Waals surface area (Å²) >= 11 is 0. The molecule has 2 fully saturated rings. The van der Waals surface area contributed by atoms with Gasteiger partial charge in [-0.05, 0) is 45.6 Å². The van der Waals surface area contributed by atoms with Gasteiger partial charge in [0.2, 0.25) is 0 Å². The molecule has 1 aromatic heterocycles. The minimum atomic E-state index is 0. The van der Waals surface area contributed by atoms with Crippen molar-refractivity contribution in [1.29, 1.82) is 0 Å². The molecule has 6 nitrogen and oxygen atoms in total. The molecule has 23 heavy (non-hydrogen) atoms. The van der Waals surface area contributed by atoms with Crippen LogP contribution in [0.2, 0.25) is 0 Å². The van der Waals surface area contributed by atoms with Crippen molar-refractivity contribution in [3.05, 3.63) is 17.0 Å². The van der Waals surface area contributed by atoms with Crippen molar-refractivity contribution in [2.45, 2.75) is 45.7 Å². The summed E-state index contributed by atoms with van der Waals surface area (Å²) in [5, 5.41) is 10.8. The predicted octanol–water partition coefficient (Wildman–Crippen LogP) is 2.06. The van der Waals surface area contributed by atoms with E-state index in [1.807, 2.05) is 20.9 Å². The van der Waals surface area contributed by atoms with Gasteiger partial charge in [0.05, 0.1) is 5.69 Å². The Bertz CT molecular complexity index is 521. The molecular formula is C16H28IN5O. The third-order valence-corrected chi connectivity index (χ3v) is 4.78. The van der Waals surface area contributed by atoms with Gasteiger partial charge in [-0.1, -0.05) is 5.16 Å². The molecule has 1 aromatic rings. The second-order valence-corrected chi connectivity index (χ2v) is 6.49. The van der Waals surface area contributed by atoms with E-state index in [4.69, 9.17) is 4.52 Å². The van der Waals surface area contributed by atoms with E-state index >= 15 is 0 Å². The number of rotatable bonds is 5. The second kappa shape index (κ2) is 8.32. The number of nitrogens with one attached hydrogen (secondary N) is 2. The topological polar surface area (TPSA) is 65.7 Å². The zero-order valence-corrected chi connectivity index (χ0v) is 16.6. The fourth-order valence-corrected chi connectivity index (χ4v) is 3.19. The highest BCUT2D eigenvalue weighted by Crippen LogP contribution is 2.31. The Morgan fingerprint density at radius 2 is 2.09 bits per heavy atom. The first-order valence-corrected chi connectivity index (χ1v) is 8.27. The van der Waals surface area contributed by atoms with Crippen LogP contribution in [0.4, 0.5) is 0 Å². The van der Waals surface area contributed by atoms with Crippen molar-refractivity contribution in [3.63, 3.8) is 0 Å². The van der Waals surface area contributed by atoms with E-state index in [1.54, 1.807) is 0 Å². The lowest BCUT2D eigenvalue weighted by Crippen LogP contribution is -2.40. The van der Waals surface area contributed by atoms with E-state index in [0.717, 1.165) is 41.5 Å². The van der Waals surface area contributed by atoms with Crippen LogP contribution >= 0.6 is 24.0 Å². The standard InChI is InChI=1S/C16H27N5O.HI/c1-11-15(12(2)22-20-11)9-19-16(17-3)18-8-13-6-7-21(10-13)14-4-5-14;/h13-14H,4-10H2,1-3H3,(H2,17,18,19);1H. The number of nitrogens with zero attached hydrogens (tertiary/aromatic N) is 3. The molecule has 1 atom stereocenters. The van der Waals surface area contributed by atoms with Gasteiger partial charge < -0.3 is 20.1 Å². The summed E-state index contributed by atoms with van der Waals surface area (Å²) in [5.74, 6) is 2.46. The van der Waals surface area contributed by atoms with E-state index in [9.17, 15) is 0 Å². The smallest absolute Gasteiger partial charge is 0.191 e. The van der Waals surface area contributed by atoms with Gasteiger partial charge in [0.15, 0.2) is 5.96 Å². The van der Waals surface area contributed by atoms with Gasteiger partial charge in [-0.3, -0.25) is 4.99 Å². The number of aryl methyl sites for hydroxylation is 2. The highest BCUT2D eigenvalue weighted by Gasteiger charge is 2.34. The van der Waals surface area contributed by atoms with E-state index < -0.39 is 0 Å². The SMILES string of the molecule is CN=C(NCc1c(C)noc1C)NCC1CCN(C2CC2)C1.I. The number of likely N-dealkylation sites (tertiary alicyclic amines) is 1. The van der Waals surface area contributed by atoms with Crippen LogP contribution in [0.3, 0.4) is 0 Å². The van der Waals surface area contributed by atoms with Gasteiger partial charge in [-0.15, -0.1) is 24.0 Å². The predicted molar refractivity (Wildman–Crippen MR) is 102 cm³/mol. The van der Waals surface area contributed by atoms with Crippen LogP contribution in [-0.2, 0) is 6.54 Å². The van der Waals surface area contributed by atoms with E-state index in [0.29, 0.717) is 6.54 Å². The molecule has 0 spiro atoms. The Morgan fingerprint density at radius 1 is 1.30 bits per heavy atom. The number of hydrogen-bond donors (Lipinski definition) is 2. The lowest BCUT2D eigenvalue weighted by Gasteiger charge is -2.17. The van der Waals surface area contributed by atoms with Crippen molar-refractivity contribution in [3.8, 4) is 0 Å². The van der Waals surface area contributed by atoms with Crippen molar-refractivity contribution < 1.29 is 4.52 Å². The Kier molecular flexibility index (Phi) is 6.70. The van der Waals surface area contributed by atoms with Gasteiger partial charge in [0.25, 0.3) is 0 Å². The number of aromatic nitrogens is 1. The van der Waals surface area contributed by atoms with Crippen molar-refractivity contribution in [2.75, 3.05) is 26.7 Å². The van der Waals surface area contributed by atoms with Gasteiger partial charge in [0.1, 0.15) is 5.76 Å². The molecule has 7 heteroatoms. The zero-order chi connectivity index (χ0) is 15.5. The second-order valence-electron chi connectivity index (χ2n) is 6.49. The van der Waals surface area contributed by atoms with E-state index in [1.165, 1.54) is 32.4 Å². The van der Waals surface area contributed by atoms with Crippen LogP contribution in [0.25, 0.3) is 0 Å². The maximum absolute atomic E-state index is 5.19. The lowest BCUT2D eigenvalue weighted by atomic mass is 10.1. The number of aliphatic imine (C=N–C) groups is 1. The lowest BCUT2D eigenvalue weighted by molar-refractivity contribution is 0.314. The Balaban J connectivity index is 0.00000192. The molecule has 2 heterocycles. The summed E-state index contributed by atoms with van der Waals surface area (Å²) < 4.78 is 5.19. The average molecular weight is 433 g/mol. The first-order chi connectivity index (χ1) is 10.7. The average Bonchev–Trinajstić information content (AvgIpc) is 3.18. The number of guanidine groups is 1. The minimum Gasteiger partial charge on any atom is -0.361 e. The summed E-state index contributed by atoms with van der Waals surface area (Å²) in [6.07, 6.45) is 4.10. The van der Waals surface area contributed by atoms with Crippen LogP contribution in [0.5, 0.6) is 0 Å². The summed E-state index contributed by atoms with van der Waals surface area (Å²) in [7, 11) is 1.81. The maximum atomic E-state index is 5.19. The molecule has 1 aliphatic carbocycles. The quantitative estimate of drug-likeness (QED) is 0.423. The molecule has 0 radical (unpaired) electrons. The van der Waals surface area contributed by atoms with E-state index in [-0.39, 0.29) is 24.0 Å². The zero-order valence-electron chi connectivity index (χ0n) is 14.3. The van der Waals surface area contributed by atoms with Gasteiger partial charge in [-0.25, -0.2) is 0 Å². The molecule has 2 aliphatic rings. The molecule has 1 unspecified atom stereocenters. The Morgan fingerprint density at radius 3 is 2.70 bits per heavy atom. The first-order valence-electron chi connectivity index (χ1n) is 8.27. The fourth-order valence-electron chi connectivity index (χ4n) is 3.19. The van der Waals surface area contributed by atoms with Crippen LogP contribution < -0.4 is 10.6 Å². The summed E-state index contributed by atoms with van der Waals surface area (Å²) in [4.78, 5) is 6.95. The molecule has 1 aliphatic heterocycles. The van der Waals surface area contributed by atoms with Gasteiger partial charge in [0, 0.05) is 38.3 Å². The Labute approximate surface area is 155 Å². The fraction of sp³-hybridized carbons (Fsp3) is 0.750. The number of hydrogen-bond acceptors (Lipinski definition) is 4. The van der Waals surface area contributed by atoms with Gasteiger partial charge >= 0.3 is 0 Å². The van der Waals surface area contributed by atoms with Crippen LogP contribution in [0.1, 0.15) is 36.3 Å². The molecule has 0 amide bonds. The van der Waals surface area contributed by atoms with Crippen molar-refractivity contribution in [2.24, 2.45) is 10.9 Å². The highest BCUT2D eigenvalue weighted by molar-refractivity contribution is 14.0. The molecule has 1 saturated carbocycles. The van der Waals surface area contributed by atoms with Gasteiger partial charge in [-0.2, -0.15) is 0 Å². The molecule has 2 N–H and O–H groups in total. The molecule has 1 saturated heterocycles. The summed E-state index contributed by atoms with van der Waals surface area (Å²) in [5.41, 5.74) is 2.06. The molecule has 130 valence electrons. The minimum absolute atomic E-state index is 0. The highest BCUT2D eigenvalue weighted by atomic mass is 127. The van der Waals surface area contributed by atoms with Crippen molar-refractivity contribution >= 4 is 29.9 Å². The van der Waals surface area contributed by atoms with Crippen LogP contribution in [-0.4, -0.2) is 48.7 Å². The summed E-state index contributed by atoms with van der Waals surface area (Å²) in [6, 6.07) is 0.891. The van der Waals surface area contributed by atoms with Crippen LogP contribution in [0.15, 0.2) is 9.52 Å². The third-order valence-electron chi connectivity index (χ3n) is 4.78. The molecule has 0 aromatic carbocycles. The first kappa shape index (κ1) is 18.5.